The van der Waals surface area contributed by atoms with Crippen LogP contribution in [-0.4, -0.2) is 17.9 Å². The van der Waals surface area contributed by atoms with E-state index in [9.17, 15) is 0 Å². The Balaban J connectivity index is 2.76. The molecule has 68 valence electrons. The normalized spacial score (nSPS) is 19.6. The van der Waals surface area contributed by atoms with Gasteiger partial charge in [0.1, 0.15) is 6.34 Å². The number of nitrogens with two attached hydrogens (primary N) is 1. The molecule has 0 bridgehead atoms. The quantitative estimate of drug-likeness (QED) is 0.503. The van der Waals surface area contributed by atoms with E-state index in [-0.39, 0.29) is 0 Å². The first-order valence-corrected chi connectivity index (χ1v) is 4.12. The van der Waals surface area contributed by atoms with Gasteiger partial charge in [-0.05, 0) is 12.5 Å². The van der Waals surface area contributed by atoms with Crippen LogP contribution < -0.4 is 5.84 Å². The van der Waals surface area contributed by atoms with Gasteiger partial charge in [0.25, 0.3) is 0 Å². The van der Waals surface area contributed by atoms with Crippen molar-refractivity contribution in [2.45, 2.75) is 13.3 Å². The third kappa shape index (κ3) is 2.42. The lowest BCUT2D eigenvalue weighted by atomic mass is 10.2. The van der Waals surface area contributed by atoms with Crippen molar-refractivity contribution in [3.63, 3.8) is 0 Å². The van der Waals surface area contributed by atoms with E-state index in [4.69, 9.17) is 11.1 Å². The zero-order chi connectivity index (χ0) is 9.68. The van der Waals surface area contributed by atoms with Crippen LogP contribution in [0.2, 0.25) is 0 Å². The van der Waals surface area contributed by atoms with E-state index in [2.05, 4.69) is 11.1 Å². The number of aliphatic imine (C=N–C) groups is 1. The van der Waals surface area contributed by atoms with Gasteiger partial charge in [0, 0.05) is 5.57 Å². The van der Waals surface area contributed by atoms with Crippen LogP contribution >= 0.6 is 0 Å². The van der Waals surface area contributed by atoms with E-state index in [0.29, 0.717) is 12.1 Å². The first kappa shape index (κ1) is 9.49. The van der Waals surface area contributed by atoms with Gasteiger partial charge in [-0.25, -0.2) is 5.84 Å². The molecule has 1 heterocycles. The molecule has 1 aliphatic rings. The highest BCUT2D eigenvalue weighted by Crippen LogP contribution is 2.08. The maximum atomic E-state index is 8.74. The Morgan fingerprint density at radius 1 is 1.92 bits per heavy atom. The van der Waals surface area contributed by atoms with Gasteiger partial charge in [0.05, 0.1) is 18.3 Å². The molecule has 13 heavy (non-hydrogen) atoms. The van der Waals surface area contributed by atoms with E-state index < -0.39 is 0 Å². The van der Waals surface area contributed by atoms with Gasteiger partial charge >= 0.3 is 0 Å². The van der Waals surface area contributed by atoms with Crippen LogP contribution in [0.5, 0.6) is 0 Å². The molecule has 0 fully saturated rings. The molecule has 4 nitrogen and oxygen atoms in total. The van der Waals surface area contributed by atoms with E-state index >= 15 is 0 Å². The first-order valence-electron chi connectivity index (χ1n) is 4.12. The second-order valence-electron chi connectivity index (χ2n) is 2.68. The molecule has 1 aliphatic heterocycles. The number of nitriles is 1. The highest BCUT2D eigenvalue weighted by Gasteiger charge is 2.08. The molecule has 0 aromatic heterocycles. The highest BCUT2D eigenvalue weighted by atomic mass is 15.4. The molecule has 0 saturated heterocycles. The van der Waals surface area contributed by atoms with Crippen molar-refractivity contribution in [2.75, 3.05) is 6.54 Å². The summed E-state index contributed by atoms with van der Waals surface area (Å²) in [5.74, 6) is 5.56. The van der Waals surface area contributed by atoms with E-state index in [1.807, 2.05) is 13.0 Å². The Labute approximate surface area is 77.6 Å². The van der Waals surface area contributed by atoms with Gasteiger partial charge in [0.15, 0.2) is 0 Å². The summed E-state index contributed by atoms with van der Waals surface area (Å²) < 4.78 is 0. The number of hydrazine groups is 1. The number of rotatable bonds is 2. The summed E-state index contributed by atoms with van der Waals surface area (Å²) in [5.41, 5.74) is 1.49. The summed E-state index contributed by atoms with van der Waals surface area (Å²) >= 11 is 0. The second kappa shape index (κ2) is 4.43. The summed E-state index contributed by atoms with van der Waals surface area (Å²) in [6.45, 7) is 2.54. The summed E-state index contributed by atoms with van der Waals surface area (Å²) in [7, 11) is 0. The van der Waals surface area contributed by atoms with Gasteiger partial charge in [-0.2, -0.15) is 5.26 Å². The van der Waals surface area contributed by atoms with Crippen molar-refractivity contribution >= 4 is 6.34 Å². The number of allylic oxidation sites excluding steroid dienone is 3. The predicted octanol–water partition coefficient (Wildman–Crippen LogP) is 0.948. The Morgan fingerprint density at radius 2 is 2.69 bits per heavy atom. The number of hydrogen-bond acceptors (Lipinski definition) is 4. The molecule has 2 N–H and O–H groups in total. The minimum absolute atomic E-state index is 0.555. The fourth-order valence-electron chi connectivity index (χ4n) is 1.03. The van der Waals surface area contributed by atoms with Crippen LogP contribution in [-0.2, 0) is 0 Å². The molecular weight excluding hydrogens is 164 g/mol. The first-order chi connectivity index (χ1) is 6.27. The predicted molar refractivity (Wildman–Crippen MR) is 51.5 cm³/mol. The van der Waals surface area contributed by atoms with Crippen molar-refractivity contribution in [3.8, 4) is 6.07 Å². The average molecular weight is 176 g/mol. The van der Waals surface area contributed by atoms with Crippen LogP contribution in [0.3, 0.4) is 0 Å². The van der Waals surface area contributed by atoms with Crippen molar-refractivity contribution in [3.05, 3.63) is 23.4 Å². The number of hydrogen-bond donors (Lipinski definition) is 1. The van der Waals surface area contributed by atoms with Crippen molar-refractivity contribution in [2.24, 2.45) is 10.8 Å². The molecule has 0 saturated carbocycles. The SMILES string of the molecule is CC/C=C(C#N)\C=C1/CN=CN1N. The Hall–Kier alpha value is -1.60. The van der Waals surface area contributed by atoms with Gasteiger partial charge in [-0.1, -0.05) is 13.0 Å². The Bertz CT molecular complexity index is 306. The van der Waals surface area contributed by atoms with Crippen molar-refractivity contribution in [1.82, 2.24) is 5.01 Å². The van der Waals surface area contributed by atoms with Gasteiger partial charge in [-0.3, -0.25) is 10.0 Å². The molecule has 1 rings (SSSR count). The Morgan fingerprint density at radius 3 is 3.15 bits per heavy atom. The molecule has 0 aromatic rings. The van der Waals surface area contributed by atoms with Crippen LogP contribution in [0.1, 0.15) is 13.3 Å². The molecule has 0 aromatic carbocycles. The van der Waals surface area contributed by atoms with Gasteiger partial charge < -0.3 is 0 Å². The summed E-state index contributed by atoms with van der Waals surface area (Å²) in [5, 5.41) is 10.2. The van der Waals surface area contributed by atoms with Gasteiger partial charge in [0.2, 0.25) is 0 Å². The summed E-state index contributed by atoms with van der Waals surface area (Å²) in [4.78, 5) is 3.96. The second-order valence-corrected chi connectivity index (χ2v) is 2.68. The van der Waals surface area contributed by atoms with Crippen molar-refractivity contribution < 1.29 is 0 Å². The minimum Gasteiger partial charge on any atom is -0.271 e. The lowest BCUT2D eigenvalue weighted by molar-refractivity contribution is 0.579. The standard InChI is InChI=1S/C9H12N4/c1-2-3-8(5-10)4-9-6-12-7-13(9)11/h3-4,7H,2,6,11H2,1H3/b8-3+,9-4+. The maximum absolute atomic E-state index is 8.74. The smallest absolute Gasteiger partial charge is 0.104 e. The zero-order valence-electron chi connectivity index (χ0n) is 7.57. The van der Waals surface area contributed by atoms with Gasteiger partial charge in [-0.15, -0.1) is 0 Å². The fraction of sp³-hybridized carbons (Fsp3) is 0.333. The average Bonchev–Trinajstić information content (AvgIpc) is 2.51. The Kier molecular flexibility index (Phi) is 3.23. The van der Waals surface area contributed by atoms with Crippen LogP contribution in [0.25, 0.3) is 0 Å². The van der Waals surface area contributed by atoms with E-state index in [1.165, 1.54) is 5.01 Å². The molecule has 0 atom stereocenters. The molecule has 0 spiro atoms. The van der Waals surface area contributed by atoms with Crippen LogP contribution in [0, 0.1) is 11.3 Å². The molecular formula is C9H12N4. The molecule has 0 amide bonds. The topological polar surface area (TPSA) is 65.4 Å². The van der Waals surface area contributed by atoms with Crippen LogP contribution in [0.4, 0.5) is 0 Å². The van der Waals surface area contributed by atoms with E-state index in [1.54, 1.807) is 12.4 Å². The zero-order valence-corrected chi connectivity index (χ0v) is 7.57. The fourth-order valence-corrected chi connectivity index (χ4v) is 1.03. The van der Waals surface area contributed by atoms with Crippen molar-refractivity contribution in [1.29, 1.82) is 5.26 Å². The molecule has 4 heteroatoms. The summed E-state index contributed by atoms with van der Waals surface area (Å²) in [6, 6.07) is 2.10. The van der Waals surface area contributed by atoms with E-state index in [0.717, 1.165) is 12.1 Å². The third-order valence-corrected chi connectivity index (χ3v) is 1.67. The number of nitrogens with zero attached hydrogens (tertiary/aromatic N) is 3. The molecule has 0 aliphatic carbocycles. The largest absolute Gasteiger partial charge is 0.271 e. The molecule has 0 unspecified atom stereocenters. The lowest BCUT2D eigenvalue weighted by Crippen LogP contribution is -2.25. The summed E-state index contributed by atoms with van der Waals surface area (Å²) in [6.07, 6.45) is 6.01. The minimum atomic E-state index is 0.555. The molecule has 0 radical (unpaired) electrons. The van der Waals surface area contributed by atoms with Crippen LogP contribution in [0.15, 0.2) is 28.4 Å². The lowest BCUT2D eigenvalue weighted by Gasteiger charge is -2.07. The third-order valence-electron chi connectivity index (χ3n) is 1.67. The monoisotopic (exact) mass is 176 g/mol. The maximum Gasteiger partial charge on any atom is 0.104 e. The highest BCUT2D eigenvalue weighted by molar-refractivity contribution is 5.61.